The van der Waals surface area contributed by atoms with Gasteiger partial charge in [-0.2, -0.15) is 5.10 Å². The maximum absolute atomic E-state index is 11.7. The molecule has 1 amide bonds. The molecule has 2 aromatic rings. The lowest BCUT2D eigenvalue weighted by atomic mass is 10.3. The minimum Gasteiger partial charge on any atom is -0.449 e. The smallest absolute Gasteiger partial charge is 0.312 e. The summed E-state index contributed by atoms with van der Waals surface area (Å²) in [6.45, 7) is 2.98. The first-order valence-electron chi connectivity index (χ1n) is 5.51. The minimum atomic E-state index is -0.501. The average Bonchev–Trinajstić information content (AvgIpc) is 2.88. The second-order valence-corrected chi connectivity index (χ2v) is 3.96. The van der Waals surface area contributed by atoms with Crippen molar-refractivity contribution in [1.29, 1.82) is 0 Å². The Morgan fingerprint density at radius 1 is 1.58 bits per heavy atom. The molecule has 0 aliphatic heterocycles. The monoisotopic (exact) mass is 264 g/mol. The summed E-state index contributed by atoms with van der Waals surface area (Å²) >= 11 is 0. The number of anilines is 1. The van der Waals surface area contributed by atoms with Gasteiger partial charge >= 0.3 is 5.69 Å². The molecule has 2 aromatic heterocycles. The quantitative estimate of drug-likeness (QED) is 0.667. The molecule has 19 heavy (non-hydrogen) atoms. The normalized spacial score (nSPS) is 10.4. The van der Waals surface area contributed by atoms with Crippen molar-refractivity contribution in [3.63, 3.8) is 0 Å². The highest BCUT2D eigenvalue weighted by Gasteiger charge is 2.22. The number of hydrogen-bond donors (Lipinski definition) is 1. The zero-order valence-electron chi connectivity index (χ0n) is 10.4. The standard InChI is InChI=1S/C11H12N4O4/c1-7-11(15(17)18)8(2)14(13-7)6-9(16)12-10-4-3-5-19-10/h3-5H,6H2,1-2H3,(H,12,16). The fourth-order valence-corrected chi connectivity index (χ4v) is 1.77. The summed E-state index contributed by atoms with van der Waals surface area (Å²) in [5.74, 6) is -0.0449. The number of carbonyl (C=O) groups is 1. The summed E-state index contributed by atoms with van der Waals surface area (Å²) in [6, 6.07) is 3.24. The van der Waals surface area contributed by atoms with Gasteiger partial charge in [-0.1, -0.05) is 0 Å². The molecule has 8 nitrogen and oxygen atoms in total. The Labute approximate surface area is 108 Å². The van der Waals surface area contributed by atoms with Crippen LogP contribution in [0, 0.1) is 24.0 Å². The SMILES string of the molecule is Cc1nn(CC(=O)Nc2ccco2)c(C)c1[N+](=O)[O-]. The first-order valence-corrected chi connectivity index (χ1v) is 5.51. The van der Waals surface area contributed by atoms with Crippen molar-refractivity contribution >= 4 is 17.5 Å². The lowest BCUT2D eigenvalue weighted by Crippen LogP contribution is -2.20. The largest absolute Gasteiger partial charge is 0.449 e. The molecule has 2 heterocycles. The van der Waals surface area contributed by atoms with Crippen LogP contribution in [0.3, 0.4) is 0 Å². The van der Waals surface area contributed by atoms with E-state index in [0.717, 1.165) is 0 Å². The van der Waals surface area contributed by atoms with E-state index < -0.39 is 4.92 Å². The summed E-state index contributed by atoms with van der Waals surface area (Å²) in [4.78, 5) is 22.1. The Kier molecular flexibility index (Phi) is 3.32. The van der Waals surface area contributed by atoms with Crippen LogP contribution < -0.4 is 5.32 Å². The van der Waals surface area contributed by atoms with Gasteiger partial charge in [-0.25, -0.2) is 0 Å². The van der Waals surface area contributed by atoms with E-state index in [4.69, 9.17) is 4.42 Å². The number of furan rings is 1. The number of nitrogens with zero attached hydrogens (tertiary/aromatic N) is 3. The molecule has 0 atom stereocenters. The summed E-state index contributed by atoms with van der Waals surface area (Å²) < 4.78 is 6.27. The molecule has 2 rings (SSSR count). The molecule has 0 aromatic carbocycles. The van der Waals surface area contributed by atoms with E-state index in [1.807, 2.05) is 0 Å². The van der Waals surface area contributed by atoms with Crippen molar-refractivity contribution in [2.45, 2.75) is 20.4 Å². The van der Waals surface area contributed by atoms with E-state index >= 15 is 0 Å². The zero-order chi connectivity index (χ0) is 14.0. The van der Waals surface area contributed by atoms with Crippen molar-refractivity contribution in [1.82, 2.24) is 9.78 Å². The van der Waals surface area contributed by atoms with Crippen molar-refractivity contribution in [3.05, 3.63) is 39.9 Å². The van der Waals surface area contributed by atoms with Gasteiger partial charge in [0.05, 0.1) is 11.2 Å². The number of aromatic nitrogens is 2. The third-order valence-corrected chi connectivity index (χ3v) is 2.60. The molecule has 0 saturated heterocycles. The Balaban J connectivity index is 2.13. The van der Waals surface area contributed by atoms with E-state index in [1.165, 1.54) is 17.9 Å². The summed E-state index contributed by atoms with van der Waals surface area (Å²) in [5.41, 5.74) is 0.566. The number of nitro groups is 1. The highest BCUT2D eigenvalue weighted by atomic mass is 16.6. The van der Waals surface area contributed by atoms with Crippen LogP contribution >= 0.6 is 0 Å². The summed E-state index contributed by atoms with van der Waals surface area (Å²) in [7, 11) is 0. The predicted octanol–water partition coefficient (Wildman–Crippen LogP) is 1.64. The van der Waals surface area contributed by atoms with Gasteiger partial charge < -0.3 is 4.42 Å². The third kappa shape index (κ3) is 2.62. The van der Waals surface area contributed by atoms with Gasteiger partial charge in [0, 0.05) is 6.07 Å². The number of hydrogen-bond acceptors (Lipinski definition) is 5. The van der Waals surface area contributed by atoms with Crippen LogP contribution in [0.25, 0.3) is 0 Å². The molecule has 100 valence electrons. The molecule has 0 fully saturated rings. The van der Waals surface area contributed by atoms with E-state index in [1.54, 1.807) is 19.1 Å². The van der Waals surface area contributed by atoms with Crippen LogP contribution in [0.5, 0.6) is 0 Å². The number of rotatable bonds is 4. The molecular weight excluding hydrogens is 252 g/mol. The van der Waals surface area contributed by atoms with E-state index in [2.05, 4.69) is 10.4 Å². The molecule has 0 spiro atoms. The maximum Gasteiger partial charge on any atom is 0.312 e. The molecule has 1 N–H and O–H groups in total. The molecule has 0 aliphatic carbocycles. The van der Waals surface area contributed by atoms with Gasteiger partial charge in [0.15, 0.2) is 5.88 Å². The Morgan fingerprint density at radius 3 is 2.84 bits per heavy atom. The molecule has 0 radical (unpaired) electrons. The number of nitrogens with one attached hydrogen (secondary N) is 1. The van der Waals surface area contributed by atoms with Crippen molar-refractivity contribution in [2.75, 3.05) is 5.32 Å². The topological polar surface area (TPSA) is 103 Å². The number of aryl methyl sites for hydroxylation is 1. The lowest BCUT2D eigenvalue weighted by Gasteiger charge is -2.03. The average molecular weight is 264 g/mol. The van der Waals surface area contributed by atoms with Gasteiger partial charge in [-0.15, -0.1) is 0 Å². The Hall–Kier alpha value is -2.64. The molecule has 0 aliphatic rings. The highest BCUT2D eigenvalue weighted by molar-refractivity contribution is 5.89. The fraction of sp³-hybridized carbons (Fsp3) is 0.273. The molecule has 0 bridgehead atoms. The van der Waals surface area contributed by atoms with Gasteiger partial charge in [-0.3, -0.25) is 24.9 Å². The third-order valence-electron chi connectivity index (χ3n) is 2.60. The van der Waals surface area contributed by atoms with Crippen LogP contribution in [0.1, 0.15) is 11.4 Å². The van der Waals surface area contributed by atoms with Crippen LogP contribution in [0.15, 0.2) is 22.8 Å². The highest BCUT2D eigenvalue weighted by Crippen LogP contribution is 2.21. The van der Waals surface area contributed by atoms with Gasteiger partial charge in [0.2, 0.25) is 5.91 Å². The summed E-state index contributed by atoms with van der Waals surface area (Å²) in [5, 5.41) is 17.3. The van der Waals surface area contributed by atoms with Gasteiger partial charge in [0.1, 0.15) is 17.9 Å². The lowest BCUT2D eigenvalue weighted by molar-refractivity contribution is -0.386. The molecule has 0 saturated carbocycles. The molecule has 8 heteroatoms. The van der Waals surface area contributed by atoms with Gasteiger partial charge in [-0.05, 0) is 19.9 Å². The molecular formula is C11H12N4O4. The fourth-order valence-electron chi connectivity index (χ4n) is 1.77. The summed E-state index contributed by atoms with van der Waals surface area (Å²) in [6.07, 6.45) is 1.43. The first kappa shape index (κ1) is 12.8. The Bertz CT molecular complexity index is 615. The maximum atomic E-state index is 11.7. The zero-order valence-corrected chi connectivity index (χ0v) is 10.4. The van der Waals surface area contributed by atoms with Crippen LogP contribution in [0.2, 0.25) is 0 Å². The first-order chi connectivity index (χ1) is 8.99. The van der Waals surface area contributed by atoms with Crippen LogP contribution in [-0.4, -0.2) is 20.6 Å². The second kappa shape index (κ2) is 4.92. The van der Waals surface area contributed by atoms with Gasteiger partial charge in [0.25, 0.3) is 0 Å². The Morgan fingerprint density at radius 2 is 2.32 bits per heavy atom. The minimum absolute atomic E-state index is 0.0641. The number of carbonyl (C=O) groups excluding carboxylic acids is 1. The molecule has 0 unspecified atom stereocenters. The van der Waals surface area contributed by atoms with Crippen molar-refractivity contribution in [3.8, 4) is 0 Å². The van der Waals surface area contributed by atoms with Crippen LogP contribution in [-0.2, 0) is 11.3 Å². The number of amides is 1. The van der Waals surface area contributed by atoms with E-state index in [-0.39, 0.29) is 23.8 Å². The second-order valence-electron chi connectivity index (χ2n) is 3.96. The predicted molar refractivity (Wildman–Crippen MR) is 65.7 cm³/mol. The van der Waals surface area contributed by atoms with E-state index in [0.29, 0.717) is 11.6 Å². The van der Waals surface area contributed by atoms with Crippen molar-refractivity contribution < 1.29 is 14.1 Å². The van der Waals surface area contributed by atoms with Crippen molar-refractivity contribution in [2.24, 2.45) is 0 Å². The van der Waals surface area contributed by atoms with E-state index in [9.17, 15) is 14.9 Å². The van der Waals surface area contributed by atoms with Crippen LogP contribution in [0.4, 0.5) is 11.6 Å².